The van der Waals surface area contributed by atoms with Crippen LogP contribution in [0.1, 0.15) is 69.2 Å². The number of rotatable bonds is 6. The summed E-state index contributed by atoms with van der Waals surface area (Å²) in [6.45, 7) is 11.2. The summed E-state index contributed by atoms with van der Waals surface area (Å²) >= 11 is 13.0. The number of carbonyl (C=O) groups excluding carboxylic acids is 1. The van der Waals surface area contributed by atoms with Crippen LogP contribution in [0.15, 0.2) is 30.3 Å². The van der Waals surface area contributed by atoms with Crippen LogP contribution in [0.3, 0.4) is 0 Å². The molecule has 1 spiro atoms. The van der Waals surface area contributed by atoms with Gasteiger partial charge in [-0.05, 0) is 76.4 Å². The van der Waals surface area contributed by atoms with E-state index < -0.39 is 5.60 Å². The fraction of sp³-hybridized carbons (Fsp3) is 0.483. The number of aryl methyl sites for hydroxylation is 1. The fourth-order valence-electron chi connectivity index (χ4n) is 4.97. The Bertz CT molecular complexity index is 1110. The number of esters is 1. The van der Waals surface area contributed by atoms with Gasteiger partial charge in [0.15, 0.2) is 0 Å². The molecule has 2 heterocycles. The van der Waals surface area contributed by atoms with Crippen molar-refractivity contribution >= 4 is 41.3 Å². The molecule has 0 atom stereocenters. The van der Waals surface area contributed by atoms with E-state index in [-0.39, 0.29) is 11.4 Å². The van der Waals surface area contributed by atoms with E-state index in [1.807, 2.05) is 45.1 Å². The lowest BCUT2D eigenvalue weighted by atomic mass is 9.74. The third kappa shape index (κ3) is 6.04. The molecule has 4 nitrogen and oxygen atoms in total. The summed E-state index contributed by atoms with van der Waals surface area (Å²) in [6.07, 6.45) is 7.38. The minimum Gasteiger partial charge on any atom is -0.492 e. The summed E-state index contributed by atoms with van der Waals surface area (Å²) in [6, 6.07) is 10.4. The van der Waals surface area contributed by atoms with Crippen LogP contribution in [0.25, 0.3) is 12.2 Å². The summed E-state index contributed by atoms with van der Waals surface area (Å²) in [5.74, 6) is 0.839. The molecule has 2 aromatic rings. The molecule has 2 aliphatic rings. The van der Waals surface area contributed by atoms with Crippen molar-refractivity contribution in [2.75, 3.05) is 26.2 Å². The zero-order chi connectivity index (χ0) is 25.2. The molecular weight excluding hydrogens is 481 g/mol. The summed E-state index contributed by atoms with van der Waals surface area (Å²) in [7, 11) is 0. The van der Waals surface area contributed by atoms with Gasteiger partial charge in [0.25, 0.3) is 0 Å². The number of fused-ring (bicyclic) bond motifs is 2. The van der Waals surface area contributed by atoms with Crippen LogP contribution in [0.5, 0.6) is 5.75 Å². The first-order chi connectivity index (χ1) is 16.6. The molecule has 0 bridgehead atoms. The second-order valence-corrected chi connectivity index (χ2v) is 11.4. The minimum absolute atomic E-state index is 0.0576. The first kappa shape index (κ1) is 26.1. The highest BCUT2D eigenvalue weighted by atomic mass is 35.5. The molecule has 1 saturated heterocycles. The van der Waals surface area contributed by atoms with Crippen molar-refractivity contribution in [2.45, 2.75) is 64.4 Å². The predicted octanol–water partition coefficient (Wildman–Crippen LogP) is 7.18. The molecule has 0 saturated carbocycles. The number of hydrogen-bond donors (Lipinski definition) is 0. The molecular formula is C29H35Cl2NO3. The molecule has 188 valence electrons. The minimum atomic E-state index is -0.431. The van der Waals surface area contributed by atoms with Gasteiger partial charge >= 0.3 is 5.97 Å². The SMILES string of the molecule is CCc1ccc(Cl)c(C=Cc2ccc3c(c2)OCC32CCN(CCC(=O)OC(C)(C)C)CC2)c1Cl. The normalized spacial score (nSPS) is 17.5. The van der Waals surface area contributed by atoms with Crippen LogP contribution in [-0.2, 0) is 21.4 Å². The number of likely N-dealkylation sites (tertiary alicyclic amines) is 1. The monoisotopic (exact) mass is 515 g/mol. The van der Waals surface area contributed by atoms with Gasteiger partial charge in [-0.25, -0.2) is 0 Å². The van der Waals surface area contributed by atoms with E-state index >= 15 is 0 Å². The summed E-state index contributed by atoms with van der Waals surface area (Å²) in [5, 5.41) is 1.37. The average Bonchev–Trinajstić information content (AvgIpc) is 3.15. The molecule has 0 unspecified atom stereocenters. The maximum Gasteiger partial charge on any atom is 0.307 e. The molecule has 0 aromatic heterocycles. The Balaban J connectivity index is 1.39. The van der Waals surface area contributed by atoms with Gasteiger partial charge in [0.05, 0.1) is 18.1 Å². The lowest BCUT2D eigenvalue weighted by molar-refractivity contribution is -0.155. The van der Waals surface area contributed by atoms with E-state index in [0.29, 0.717) is 23.1 Å². The molecule has 0 radical (unpaired) electrons. The van der Waals surface area contributed by atoms with Crippen LogP contribution in [0.2, 0.25) is 10.0 Å². The van der Waals surface area contributed by atoms with Crippen molar-refractivity contribution in [1.82, 2.24) is 4.90 Å². The van der Waals surface area contributed by atoms with Gasteiger partial charge in [-0.2, -0.15) is 0 Å². The van der Waals surface area contributed by atoms with Crippen LogP contribution < -0.4 is 4.74 Å². The molecule has 6 heteroatoms. The number of halogens is 2. The number of hydrogen-bond acceptors (Lipinski definition) is 4. The molecule has 0 aliphatic carbocycles. The molecule has 0 amide bonds. The van der Waals surface area contributed by atoms with E-state index in [4.69, 9.17) is 32.7 Å². The highest BCUT2D eigenvalue weighted by Gasteiger charge is 2.43. The Morgan fingerprint density at radius 3 is 2.57 bits per heavy atom. The van der Waals surface area contributed by atoms with Crippen molar-refractivity contribution in [2.24, 2.45) is 0 Å². The largest absolute Gasteiger partial charge is 0.492 e. The standard InChI is InChI=1S/C29H35Cl2NO3/c1-5-21-8-11-24(30)22(27(21)31)9-6-20-7-10-23-25(18-20)34-19-29(23)13-16-32(17-14-29)15-12-26(33)35-28(2,3)4/h6-11,18H,5,12-17,19H2,1-4H3. The Labute approximate surface area is 219 Å². The highest BCUT2D eigenvalue weighted by molar-refractivity contribution is 6.37. The van der Waals surface area contributed by atoms with E-state index in [2.05, 4.69) is 30.0 Å². The van der Waals surface area contributed by atoms with Gasteiger partial charge in [-0.3, -0.25) is 4.79 Å². The maximum atomic E-state index is 12.1. The molecule has 35 heavy (non-hydrogen) atoms. The number of benzene rings is 2. The van der Waals surface area contributed by atoms with Crippen LogP contribution in [-0.4, -0.2) is 42.7 Å². The van der Waals surface area contributed by atoms with Crippen LogP contribution >= 0.6 is 23.2 Å². The third-order valence-corrected chi connectivity index (χ3v) is 7.75. The van der Waals surface area contributed by atoms with E-state index in [9.17, 15) is 4.79 Å². The maximum absolute atomic E-state index is 12.1. The second-order valence-electron chi connectivity index (χ2n) is 10.6. The zero-order valence-corrected chi connectivity index (χ0v) is 22.6. The number of carbonyl (C=O) groups is 1. The lowest BCUT2D eigenvalue weighted by Gasteiger charge is -2.38. The molecule has 4 rings (SSSR count). The van der Waals surface area contributed by atoms with E-state index in [0.717, 1.165) is 61.3 Å². The summed E-state index contributed by atoms with van der Waals surface area (Å²) < 4.78 is 11.6. The number of nitrogens with zero attached hydrogens (tertiary/aromatic N) is 1. The number of piperidine rings is 1. The second kappa shape index (κ2) is 10.5. The van der Waals surface area contributed by atoms with Gasteiger partial charge < -0.3 is 14.4 Å². The van der Waals surface area contributed by atoms with Crippen molar-refractivity contribution in [3.05, 3.63) is 62.6 Å². The molecule has 2 aliphatic heterocycles. The number of ether oxygens (including phenoxy) is 2. The highest BCUT2D eigenvalue weighted by Crippen LogP contribution is 2.46. The Kier molecular flexibility index (Phi) is 7.85. The van der Waals surface area contributed by atoms with Crippen LogP contribution in [0, 0.1) is 0 Å². The van der Waals surface area contributed by atoms with Gasteiger partial charge in [0, 0.05) is 28.1 Å². The molecule has 0 N–H and O–H groups in total. The average molecular weight is 517 g/mol. The molecule has 1 fully saturated rings. The molecule has 2 aromatic carbocycles. The van der Waals surface area contributed by atoms with Crippen molar-refractivity contribution in [3.63, 3.8) is 0 Å². The topological polar surface area (TPSA) is 38.8 Å². The predicted molar refractivity (Wildman–Crippen MR) is 145 cm³/mol. The quantitative estimate of drug-likeness (QED) is 0.301. The van der Waals surface area contributed by atoms with Crippen molar-refractivity contribution in [1.29, 1.82) is 0 Å². The first-order valence-corrected chi connectivity index (χ1v) is 13.2. The Morgan fingerprint density at radius 1 is 1.14 bits per heavy atom. The Hall–Kier alpha value is -2.01. The van der Waals surface area contributed by atoms with Crippen molar-refractivity contribution in [3.8, 4) is 5.75 Å². The van der Waals surface area contributed by atoms with E-state index in [1.165, 1.54) is 5.56 Å². The first-order valence-electron chi connectivity index (χ1n) is 12.5. The zero-order valence-electron chi connectivity index (χ0n) is 21.1. The lowest BCUT2D eigenvalue weighted by Crippen LogP contribution is -2.44. The smallest absolute Gasteiger partial charge is 0.307 e. The Morgan fingerprint density at radius 2 is 1.89 bits per heavy atom. The fourth-order valence-corrected chi connectivity index (χ4v) is 5.60. The van der Waals surface area contributed by atoms with Crippen molar-refractivity contribution < 1.29 is 14.3 Å². The van der Waals surface area contributed by atoms with E-state index in [1.54, 1.807) is 0 Å². The van der Waals surface area contributed by atoms with Gasteiger partial charge in [-0.1, -0.05) is 60.5 Å². The third-order valence-electron chi connectivity index (χ3n) is 6.98. The summed E-state index contributed by atoms with van der Waals surface area (Å²) in [4.78, 5) is 14.4. The summed E-state index contributed by atoms with van der Waals surface area (Å²) in [5.41, 5.74) is 3.93. The van der Waals surface area contributed by atoms with Gasteiger partial charge in [0.2, 0.25) is 0 Å². The van der Waals surface area contributed by atoms with Gasteiger partial charge in [-0.15, -0.1) is 0 Å². The van der Waals surface area contributed by atoms with Crippen LogP contribution in [0.4, 0.5) is 0 Å². The van der Waals surface area contributed by atoms with Gasteiger partial charge in [0.1, 0.15) is 11.4 Å².